The number of thioether (sulfide) groups is 1. The molecule has 7 atom stereocenters. The Hall–Kier alpha value is -3.74. The summed E-state index contributed by atoms with van der Waals surface area (Å²) in [6.07, 6.45) is 0.911. The number of benzene rings is 3. The van der Waals surface area contributed by atoms with Gasteiger partial charge >= 0.3 is 0 Å². The van der Waals surface area contributed by atoms with E-state index >= 15 is 0 Å². The molecule has 3 aliphatic rings. The number of para-hydroxylation sites is 2. The summed E-state index contributed by atoms with van der Waals surface area (Å²) in [6, 6.07) is 24.7. The van der Waals surface area contributed by atoms with E-state index in [4.69, 9.17) is 0 Å². The van der Waals surface area contributed by atoms with Crippen molar-refractivity contribution in [3.05, 3.63) is 90.5 Å². The molecule has 4 heterocycles. The average Bonchev–Trinajstić information content (AvgIpc) is 3.76. The highest BCUT2D eigenvalue weighted by Gasteiger charge is 2.76. The molecule has 0 radical (unpaired) electrons. The van der Waals surface area contributed by atoms with Crippen LogP contribution in [-0.4, -0.2) is 76.2 Å². The molecule has 3 aromatic carbocycles. The first-order chi connectivity index (χ1) is 21.4. The summed E-state index contributed by atoms with van der Waals surface area (Å²) in [5, 5.41) is 24.9. The molecule has 10 nitrogen and oxygen atoms in total. The molecule has 226 valence electrons. The lowest BCUT2D eigenvalue weighted by molar-refractivity contribution is -0.142. The van der Waals surface area contributed by atoms with Gasteiger partial charge in [-0.1, -0.05) is 81.8 Å². The number of nitrogens with one attached hydrogen (secondary N) is 2. The highest BCUT2D eigenvalue weighted by atomic mass is 79.9. The molecule has 1 spiro atoms. The number of carbonyl (C=O) groups is 3. The summed E-state index contributed by atoms with van der Waals surface area (Å²) in [7, 11) is 0. The number of anilines is 1. The third kappa shape index (κ3) is 4.79. The Morgan fingerprint density at radius 3 is 2.48 bits per heavy atom. The topological polar surface area (TPSA) is 129 Å². The molecule has 3 aliphatic heterocycles. The third-order valence-corrected chi connectivity index (χ3v) is 12.3. The number of hydrogen-bond donors (Lipinski definition) is 3. The van der Waals surface area contributed by atoms with Crippen LogP contribution in [0.5, 0.6) is 0 Å². The Morgan fingerprint density at radius 1 is 1.02 bits per heavy atom. The number of rotatable bonds is 9. The Labute approximate surface area is 266 Å². The standard InChI is InChI=1S/C32H31BrN6O4S/c33-22-16-32-26(25(27(22)44-32)29(41)35-20-11-5-2-6-12-20)31(43)39(21(17-40)15-19-9-3-1-4-10-19)28(32)30(42)34-18-38-24-14-8-7-13-23(24)36-37-38/h1-14,21-22,25-28,40H,15-18H2,(H,34,42)(H,35,41)/t21-,22?,25-,26+,27-,28?,32?/m1/s1. The van der Waals surface area contributed by atoms with Gasteiger partial charge in [0, 0.05) is 15.8 Å². The predicted molar refractivity (Wildman–Crippen MR) is 171 cm³/mol. The summed E-state index contributed by atoms with van der Waals surface area (Å²) in [4.78, 5) is 44.3. The number of fused-ring (bicyclic) bond motifs is 2. The number of hydrogen-bond acceptors (Lipinski definition) is 7. The van der Waals surface area contributed by atoms with Crippen LogP contribution in [0.4, 0.5) is 5.69 Å². The van der Waals surface area contributed by atoms with Crippen LogP contribution in [-0.2, 0) is 27.5 Å². The van der Waals surface area contributed by atoms with E-state index < -0.39 is 28.7 Å². The molecule has 1 aromatic heterocycles. The van der Waals surface area contributed by atoms with Gasteiger partial charge in [0.2, 0.25) is 17.7 Å². The van der Waals surface area contributed by atoms with Gasteiger partial charge in [0.05, 0.1) is 34.7 Å². The highest BCUT2D eigenvalue weighted by molar-refractivity contribution is 9.09. The quantitative estimate of drug-likeness (QED) is 0.233. The smallest absolute Gasteiger partial charge is 0.245 e. The van der Waals surface area contributed by atoms with E-state index in [1.165, 1.54) is 0 Å². The number of amides is 3. The van der Waals surface area contributed by atoms with Crippen molar-refractivity contribution in [2.24, 2.45) is 11.8 Å². The number of aliphatic hydroxyl groups is 1. The van der Waals surface area contributed by atoms with Crippen molar-refractivity contribution in [1.29, 1.82) is 0 Å². The minimum atomic E-state index is -0.903. The maximum Gasteiger partial charge on any atom is 0.245 e. The zero-order valence-electron chi connectivity index (χ0n) is 23.6. The lowest BCUT2D eigenvalue weighted by Crippen LogP contribution is -2.57. The number of likely N-dealkylation sites (tertiary alicyclic amines) is 1. The fourth-order valence-corrected chi connectivity index (χ4v) is 10.8. The van der Waals surface area contributed by atoms with E-state index in [9.17, 15) is 19.5 Å². The molecule has 44 heavy (non-hydrogen) atoms. The number of carbonyl (C=O) groups excluding carboxylic acids is 3. The normalized spacial score (nSPS) is 27.8. The second-order valence-electron chi connectivity index (χ2n) is 11.6. The molecule has 0 aliphatic carbocycles. The number of aromatic nitrogens is 3. The van der Waals surface area contributed by atoms with E-state index in [1.54, 1.807) is 21.3 Å². The first-order valence-electron chi connectivity index (χ1n) is 14.6. The van der Waals surface area contributed by atoms with Gasteiger partial charge in [-0.25, -0.2) is 4.68 Å². The third-order valence-electron chi connectivity index (χ3n) is 9.06. The van der Waals surface area contributed by atoms with E-state index in [0.717, 1.165) is 11.1 Å². The summed E-state index contributed by atoms with van der Waals surface area (Å²) < 4.78 is 0.757. The van der Waals surface area contributed by atoms with Crippen molar-refractivity contribution in [3.63, 3.8) is 0 Å². The van der Waals surface area contributed by atoms with Crippen molar-refractivity contribution in [3.8, 4) is 0 Å². The Morgan fingerprint density at radius 2 is 1.73 bits per heavy atom. The molecule has 7 rings (SSSR count). The largest absolute Gasteiger partial charge is 0.394 e. The van der Waals surface area contributed by atoms with Crippen LogP contribution in [0.3, 0.4) is 0 Å². The fraction of sp³-hybridized carbons (Fsp3) is 0.344. The van der Waals surface area contributed by atoms with Gasteiger partial charge < -0.3 is 20.6 Å². The monoisotopic (exact) mass is 674 g/mol. The van der Waals surface area contributed by atoms with Crippen LogP contribution >= 0.6 is 27.7 Å². The Kier molecular flexibility index (Phi) is 7.67. The first-order valence-corrected chi connectivity index (χ1v) is 16.4. The number of nitrogens with zero attached hydrogens (tertiary/aromatic N) is 4. The Balaban J connectivity index is 1.24. The second-order valence-corrected chi connectivity index (χ2v) is 14.3. The molecule has 3 saturated heterocycles. The van der Waals surface area contributed by atoms with Crippen LogP contribution in [0, 0.1) is 11.8 Å². The highest BCUT2D eigenvalue weighted by Crippen LogP contribution is 2.68. The van der Waals surface area contributed by atoms with E-state index in [-0.39, 0.29) is 41.1 Å². The molecule has 3 amide bonds. The van der Waals surface area contributed by atoms with Crippen molar-refractivity contribution in [2.75, 3.05) is 11.9 Å². The SMILES string of the molecule is O=C(NCn1nnc2ccccc21)C1N([C@@H](CO)Cc2ccccc2)C(=O)[C@@H]2[C@@H](C(=O)Nc3ccccc3)[C@@H]3SC12CC3Br. The van der Waals surface area contributed by atoms with Crippen LogP contribution < -0.4 is 10.6 Å². The van der Waals surface area contributed by atoms with Crippen LogP contribution in [0.1, 0.15) is 12.0 Å². The van der Waals surface area contributed by atoms with Crippen LogP contribution in [0.15, 0.2) is 84.9 Å². The van der Waals surface area contributed by atoms with Gasteiger partial charge in [0.15, 0.2) is 0 Å². The average molecular weight is 676 g/mol. The summed E-state index contributed by atoms with van der Waals surface area (Å²) in [5.74, 6) is -2.22. The molecule has 3 fully saturated rings. The fourth-order valence-electron chi connectivity index (χ4n) is 7.23. The van der Waals surface area contributed by atoms with E-state index in [0.29, 0.717) is 24.0 Å². The zero-order chi connectivity index (χ0) is 30.4. The molecular weight excluding hydrogens is 644 g/mol. The van der Waals surface area contributed by atoms with Crippen molar-refractivity contribution in [1.82, 2.24) is 25.2 Å². The number of halogens is 1. The minimum Gasteiger partial charge on any atom is -0.394 e. The molecular formula is C32H31BrN6O4S. The predicted octanol–water partition coefficient (Wildman–Crippen LogP) is 3.21. The second kappa shape index (κ2) is 11.6. The van der Waals surface area contributed by atoms with Gasteiger partial charge in [-0.15, -0.1) is 16.9 Å². The lowest BCUT2D eigenvalue weighted by atomic mass is 9.70. The van der Waals surface area contributed by atoms with Gasteiger partial charge in [0.1, 0.15) is 18.2 Å². The van der Waals surface area contributed by atoms with Crippen LogP contribution in [0.25, 0.3) is 11.0 Å². The minimum absolute atomic E-state index is 0.0604. The number of aliphatic hydroxyl groups excluding tert-OH is 1. The molecule has 2 bridgehead atoms. The van der Waals surface area contributed by atoms with Crippen molar-refractivity contribution < 1.29 is 19.5 Å². The lowest BCUT2D eigenvalue weighted by Gasteiger charge is -2.37. The summed E-state index contributed by atoms with van der Waals surface area (Å²) in [6.45, 7) is -0.265. The zero-order valence-corrected chi connectivity index (χ0v) is 26.0. The van der Waals surface area contributed by atoms with Crippen LogP contribution in [0.2, 0.25) is 0 Å². The number of alkyl halides is 1. The van der Waals surface area contributed by atoms with E-state index in [2.05, 4.69) is 36.9 Å². The molecule has 0 saturated carbocycles. The summed E-state index contributed by atoms with van der Waals surface area (Å²) >= 11 is 5.37. The van der Waals surface area contributed by atoms with Gasteiger partial charge in [-0.05, 0) is 42.7 Å². The van der Waals surface area contributed by atoms with Crippen molar-refractivity contribution >= 4 is 62.1 Å². The maximum absolute atomic E-state index is 14.6. The maximum atomic E-state index is 14.6. The molecule has 3 unspecified atom stereocenters. The van der Waals surface area contributed by atoms with Gasteiger partial charge in [-0.2, -0.15) is 0 Å². The van der Waals surface area contributed by atoms with Gasteiger partial charge in [0.25, 0.3) is 0 Å². The molecule has 4 aromatic rings. The Bertz CT molecular complexity index is 1710. The molecule has 12 heteroatoms. The van der Waals surface area contributed by atoms with Crippen molar-refractivity contribution in [2.45, 2.75) is 46.4 Å². The first kappa shape index (κ1) is 29.0. The van der Waals surface area contributed by atoms with E-state index in [1.807, 2.05) is 84.9 Å². The molecule has 3 N–H and O–H groups in total. The van der Waals surface area contributed by atoms with Gasteiger partial charge in [-0.3, -0.25) is 14.4 Å². The summed E-state index contributed by atoms with van der Waals surface area (Å²) in [5.41, 5.74) is 3.07.